The molecule has 0 aliphatic carbocycles. The summed E-state index contributed by atoms with van der Waals surface area (Å²) in [4.78, 5) is 10.5. The molecular formula is C19H20F3N3O4S. The zero-order chi connectivity index (χ0) is 22.1. The van der Waals surface area contributed by atoms with E-state index in [9.17, 15) is 31.7 Å². The molecule has 2 aromatic rings. The fourth-order valence-corrected chi connectivity index (χ4v) is 4.77. The van der Waals surface area contributed by atoms with Crippen LogP contribution < -0.4 is 5.32 Å². The summed E-state index contributed by atoms with van der Waals surface area (Å²) in [7, 11) is -3.65. The Morgan fingerprint density at radius 1 is 1.10 bits per heavy atom. The van der Waals surface area contributed by atoms with Crippen LogP contribution in [0, 0.1) is 17.0 Å². The Hall–Kier alpha value is -2.66. The van der Waals surface area contributed by atoms with Gasteiger partial charge in [-0.3, -0.25) is 10.1 Å². The fourth-order valence-electron chi connectivity index (χ4n) is 3.30. The summed E-state index contributed by atoms with van der Waals surface area (Å²) >= 11 is 0. The molecule has 162 valence electrons. The highest BCUT2D eigenvalue weighted by atomic mass is 32.2. The summed E-state index contributed by atoms with van der Waals surface area (Å²) in [5, 5.41) is 14.1. The lowest BCUT2D eigenvalue weighted by molar-refractivity contribution is -0.384. The second kappa shape index (κ2) is 8.23. The standard InChI is InChI=1S/C19H20F3N3O4S/c1-13-2-5-16(6-3-13)30(28,29)24-10-8-15(9-11-24)23-17-7-4-14(19(20,21)22)12-18(17)25(26)27/h2-7,12,15,23H,8-11H2,1H3. The fraction of sp³-hybridized carbons (Fsp3) is 0.368. The minimum atomic E-state index is -4.68. The summed E-state index contributed by atoms with van der Waals surface area (Å²) in [6.07, 6.45) is -3.95. The molecule has 0 saturated carbocycles. The highest BCUT2D eigenvalue weighted by molar-refractivity contribution is 7.89. The number of aryl methyl sites for hydroxylation is 1. The smallest absolute Gasteiger partial charge is 0.377 e. The second-order valence-electron chi connectivity index (χ2n) is 7.12. The van der Waals surface area contributed by atoms with Gasteiger partial charge in [0.1, 0.15) is 5.69 Å². The zero-order valence-electron chi connectivity index (χ0n) is 16.0. The van der Waals surface area contributed by atoms with Crippen LogP contribution in [0.15, 0.2) is 47.4 Å². The lowest BCUT2D eigenvalue weighted by Gasteiger charge is -2.32. The molecule has 1 heterocycles. The van der Waals surface area contributed by atoms with E-state index in [1.54, 1.807) is 24.3 Å². The van der Waals surface area contributed by atoms with Gasteiger partial charge in [-0.15, -0.1) is 0 Å². The number of alkyl halides is 3. The zero-order valence-corrected chi connectivity index (χ0v) is 16.8. The largest absolute Gasteiger partial charge is 0.416 e. The molecule has 0 radical (unpaired) electrons. The number of hydrogen-bond donors (Lipinski definition) is 1. The van der Waals surface area contributed by atoms with Gasteiger partial charge < -0.3 is 5.32 Å². The van der Waals surface area contributed by atoms with Gasteiger partial charge in [-0.1, -0.05) is 17.7 Å². The predicted molar refractivity (Wildman–Crippen MR) is 105 cm³/mol. The molecule has 3 rings (SSSR count). The van der Waals surface area contributed by atoms with Crippen molar-refractivity contribution in [3.63, 3.8) is 0 Å². The van der Waals surface area contributed by atoms with Gasteiger partial charge in [-0.05, 0) is 44.0 Å². The highest BCUT2D eigenvalue weighted by Gasteiger charge is 2.34. The summed E-state index contributed by atoms with van der Waals surface area (Å²) < 4.78 is 65.3. The molecule has 0 amide bonds. The lowest BCUT2D eigenvalue weighted by atomic mass is 10.1. The molecule has 1 aliphatic heterocycles. The molecule has 7 nitrogen and oxygen atoms in total. The summed E-state index contributed by atoms with van der Waals surface area (Å²) in [5.74, 6) is 0. The van der Waals surface area contributed by atoms with Crippen LogP contribution in [0.1, 0.15) is 24.0 Å². The lowest BCUT2D eigenvalue weighted by Crippen LogP contribution is -2.42. The Balaban J connectivity index is 1.70. The first-order valence-corrected chi connectivity index (χ1v) is 10.6. The van der Waals surface area contributed by atoms with Crippen molar-refractivity contribution >= 4 is 21.4 Å². The summed E-state index contributed by atoms with van der Waals surface area (Å²) in [5.41, 5.74) is -0.846. The molecule has 2 aromatic carbocycles. The predicted octanol–water partition coefficient (Wildman–Crippen LogP) is 4.19. The Kier molecular flexibility index (Phi) is 6.04. The third kappa shape index (κ3) is 4.73. The number of nitrogens with one attached hydrogen (secondary N) is 1. The average Bonchev–Trinajstić information content (AvgIpc) is 2.68. The average molecular weight is 443 g/mol. The van der Waals surface area contributed by atoms with Gasteiger partial charge in [0.15, 0.2) is 0 Å². The van der Waals surface area contributed by atoms with E-state index in [1.807, 2.05) is 6.92 Å². The third-order valence-electron chi connectivity index (χ3n) is 4.99. The quantitative estimate of drug-likeness (QED) is 0.553. The molecule has 0 atom stereocenters. The van der Waals surface area contributed by atoms with Crippen LogP contribution >= 0.6 is 0 Å². The van der Waals surface area contributed by atoms with Crippen LogP contribution in [0.5, 0.6) is 0 Å². The monoisotopic (exact) mass is 443 g/mol. The van der Waals surface area contributed by atoms with Crippen LogP contribution in [-0.2, 0) is 16.2 Å². The number of nitrogens with zero attached hydrogens (tertiary/aromatic N) is 2. The van der Waals surface area contributed by atoms with Gasteiger partial charge >= 0.3 is 6.18 Å². The van der Waals surface area contributed by atoms with Crippen molar-refractivity contribution in [3.05, 3.63) is 63.7 Å². The molecule has 1 saturated heterocycles. The molecule has 0 spiro atoms. The van der Waals surface area contributed by atoms with E-state index < -0.39 is 32.4 Å². The molecule has 1 fully saturated rings. The molecule has 11 heteroatoms. The number of hydrogen-bond acceptors (Lipinski definition) is 5. The first-order chi connectivity index (χ1) is 14.0. The molecule has 0 unspecified atom stereocenters. The van der Waals surface area contributed by atoms with Crippen LogP contribution in [0.3, 0.4) is 0 Å². The van der Waals surface area contributed by atoms with Crippen molar-refractivity contribution < 1.29 is 26.5 Å². The van der Waals surface area contributed by atoms with E-state index in [4.69, 9.17) is 0 Å². The number of halogens is 3. The first-order valence-electron chi connectivity index (χ1n) is 9.17. The minimum absolute atomic E-state index is 0.0205. The maximum absolute atomic E-state index is 12.8. The van der Waals surface area contributed by atoms with E-state index >= 15 is 0 Å². The Labute approximate surface area is 171 Å². The molecule has 1 aliphatic rings. The van der Waals surface area contributed by atoms with Gasteiger partial charge in [-0.2, -0.15) is 17.5 Å². The van der Waals surface area contributed by atoms with Crippen molar-refractivity contribution in [2.24, 2.45) is 0 Å². The number of anilines is 1. The maximum atomic E-state index is 12.8. The number of sulfonamides is 1. The van der Waals surface area contributed by atoms with E-state index in [2.05, 4.69) is 5.32 Å². The minimum Gasteiger partial charge on any atom is -0.377 e. The van der Waals surface area contributed by atoms with Crippen molar-refractivity contribution in [1.29, 1.82) is 0 Å². The normalized spacial score (nSPS) is 16.4. The highest BCUT2D eigenvalue weighted by Crippen LogP contribution is 2.35. The van der Waals surface area contributed by atoms with Gasteiger partial charge in [0.05, 0.1) is 15.4 Å². The van der Waals surface area contributed by atoms with E-state index in [0.29, 0.717) is 18.9 Å². The van der Waals surface area contributed by atoms with Crippen molar-refractivity contribution in [2.75, 3.05) is 18.4 Å². The number of nitro benzene ring substituents is 1. The SMILES string of the molecule is Cc1ccc(S(=O)(=O)N2CCC(Nc3ccc(C(F)(F)F)cc3[N+](=O)[O-])CC2)cc1. The summed E-state index contributed by atoms with van der Waals surface area (Å²) in [6, 6.07) is 8.53. The van der Waals surface area contributed by atoms with Crippen molar-refractivity contribution in [2.45, 2.75) is 36.9 Å². The molecule has 0 bridgehead atoms. The van der Waals surface area contributed by atoms with Crippen molar-refractivity contribution in [3.8, 4) is 0 Å². The summed E-state index contributed by atoms with van der Waals surface area (Å²) in [6.45, 7) is 2.25. The molecule has 0 aromatic heterocycles. The van der Waals surface area contributed by atoms with Crippen LogP contribution in [-0.4, -0.2) is 36.8 Å². The Bertz CT molecular complexity index is 1030. The molecular weight excluding hydrogens is 423 g/mol. The topological polar surface area (TPSA) is 92.6 Å². The van der Waals surface area contributed by atoms with Crippen LogP contribution in [0.4, 0.5) is 24.5 Å². The Morgan fingerprint density at radius 3 is 2.23 bits per heavy atom. The third-order valence-corrected chi connectivity index (χ3v) is 6.91. The first kappa shape index (κ1) is 22.0. The van der Waals surface area contributed by atoms with Gasteiger partial charge in [0.25, 0.3) is 5.69 Å². The number of benzene rings is 2. The number of nitro groups is 1. The van der Waals surface area contributed by atoms with E-state index in [1.165, 1.54) is 4.31 Å². The van der Waals surface area contributed by atoms with Crippen molar-refractivity contribution in [1.82, 2.24) is 4.31 Å². The van der Waals surface area contributed by atoms with Crippen LogP contribution in [0.25, 0.3) is 0 Å². The molecule has 1 N–H and O–H groups in total. The second-order valence-corrected chi connectivity index (χ2v) is 9.06. The van der Waals surface area contributed by atoms with Crippen LogP contribution in [0.2, 0.25) is 0 Å². The number of piperidine rings is 1. The van der Waals surface area contributed by atoms with E-state index in [-0.39, 0.29) is 29.7 Å². The van der Waals surface area contributed by atoms with E-state index in [0.717, 1.165) is 17.7 Å². The van der Waals surface area contributed by atoms with Gasteiger partial charge in [0, 0.05) is 25.2 Å². The maximum Gasteiger partial charge on any atom is 0.416 e. The van der Waals surface area contributed by atoms with Gasteiger partial charge in [0.2, 0.25) is 10.0 Å². The van der Waals surface area contributed by atoms with Gasteiger partial charge in [-0.25, -0.2) is 8.42 Å². The molecule has 30 heavy (non-hydrogen) atoms. The Morgan fingerprint density at radius 2 is 1.70 bits per heavy atom. The number of rotatable bonds is 5.